The largest absolute Gasteiger partial charge is 0.468 e. The maximum Gasteiger partial charge on any atom is 0.324 e. The van der Waals surface area contributed by atoms with Crippen LogP contribution in [0.2, 0.25) is 0 Å². The number of hydrogen-bond acceptors (Lipinski definition) is 6. The van der Waals surface area contributed by atoms with Crippen LogP contribution >= 0.6 is 15.9 Å². The zero-order chi connectivity index (χ0) is 24.9. The summed E-state index contributed by atoms with van der Waals surface area (Å²) in [6.45, 7) is 3.95. The second-order valence-corrected chi connectivity index (χ2v) is 10.8. The van der Waals surface area contributed by atoms with Crippen molar-refractivity contribution in [2.45, 2.75) is 37.8 Å². The van der Waals surface area contributed by atoms with Gasteiger partial charge in [-0.15, -0.1) is 5.10 Å². The first-order chi connectivity index (χ1) is 16.1. The topological polar surface area (TPSA) is 94.4 Å². The Morgan fingerprint density at radius 2 is 1.91 bits per heavy atom. The quantitative estimate of drug-likeness (QED) is 0.356. The van der Waals surface area contributed by atoms with Gasteiger partial charge in [0.25, 0.3) is 0 Å². The number of esters is 1. The molecule has 0 spiro atoms. The van der Waals surface area contributed by atoms with E-state index in [0.29, 0.717) is 12.2 Å². The molecule has 1 aromatic heterocycles. The van der Waals surface area contributed by atoms with Crippen LogP contribution in [0.15, 0.2) is 64.1 Å². The van der Waals surface area contributed by atoms with E-state index in [0.717, 1.165) is 22.0 Å². The van der Waals surface area contributed by atoms with Gasteiger partial charge in [0.2, 0.25) is 10.0 Å². The van der Waals surface area contributed by atoms with Crippen LogP contribution in [0.4, 0.5) is 4.39 Å². The Balaban J connectivity index is 1.89. The first-order valence-corrected chi connectivity index (χ1v) is 12.8. The molecular weight excluding hydrogens is 527 g/mol. The molecule has 3 rings (SSSR count). The summed E-state index contributed by atoms with van der Waals surface area (Å²) in [4.78, 5) is 12.5. The van der Waals surface area contributed by atoms with Gasteiger partial charge in [0.15, 0.2) is 0 Å². The molecule has 34 heavy (non-hydrogen) atoms. The summed E-state index contributed by atoms with van der Waals surface area (Å²) in [5.74, 6) is -1.64. The van der Waals surface area contributed by atoms with E-state index in [1.807, 2.05) is 30.3 Å². The van der Waals surface area contributed by atoms with Gasteiger partial charge >= 0.3 is 5.97 Å². The number of aromatic nitrogens is 3. The van der Waals surface area contributed by atoms with E-state index in [1.54, 1.807) is 24.7 Å². The zero-order valence-electron chi connectivity index (χ0n) is 19.1. The molecule has 0 amide bonds. The van der Waals surface area contributed by atoms with E-state index in [9.17, 15) is 17.6 Å². The Bertz CT molecular complexity index is 1230. The third kappa shape index (κ3) is 6.08. The minimum absolute atomic E-state index is 0.0475. The zero-order valence-corrected chi connectivity index (χ0v) is 21.5. The van der Waals surface area contributed by atoms with Gasteiger partial charge in [0, 0.05) is 23.6 Å². The second-order valence-electron chi connectivity index (χ2n) is 8.05. The molecule has 182 valence electrons. The van der Waals surface area contributed by atoms with Crippen LogP contribution in [-0.2, 0) is 32.5 Å². The van der Waals surface area contributed by atoms with Crippen molar-refractivity contribution in [3.05, 3.63) is 76.3 Å². The molecule has 0 saturated heterocycles. The van der Waals surface area contributed by atoms with E-state index in [2.05, 4.69) is 26.2 Å². The van der Waals surface area contributed by atoms with Gasteiger partial charge in [-0.05, 0) is 45.6 Å². The monoisotopic (exact) mass is 552 g/mol. The Labute approximate surface area is 206 Å². The first kappa shape index (κ1) is 26.0. The molecule has 0 N–H and O–H groups in total. The molecule has 0 aliphatic carbocycles. The van der Waals surface area contributed by atoms with Crippen molar-refractivity contribution in [1.29, 1.82) is 0 Å². The van der Waals surface area contributed by atoms with Gasteiger partial charge in [-0.25, -0.2) is 17.5 Å². The Morgan fingerprint density at radius 3 is 2.53 bits per heavy atom. The third-order valence-corrected chi connectivity index (χ3v) is 8.08. The summed E-state index contributed by atoms with van der Waals surface area (Å²) >= 11 is 3.13. The van der Waals surface area contributed by atoms with Crippen molar-refractivity contribution < 1.29 is 22.3 Å². The van der Waals surface area contributed by atoms with Gasteiger partial charge in [-0.2, -0.15) is 4.31 Å². The summed E-state index contributed by atoms with van der Waals surface area (Å²) in [5.41, 5.74) is 1.62. The number of halogens is 2. The van der Waals surface area contributed by atoms with Crippen LogP contribution in [0.5, 0.6) is 0 Å². The van der Waals surface area contributed by atoms with Crippen molar-refractivity contribution in [3.8, 4) is 0 Å². The molecule has 11 heteroatoms. The Morgan fingerprint density at radius 1 is 1.21 bits per heavy atom. The standard InChI is InChI=1S/C23H26BrFN4O4S/c1-16(2)22(23(30)33-3)29(34(31,32)21-10-9-18(25)13-20(21)24)12-11-19-15-28(27-26-19)14-17-7-5-4-6-8-17/h4-10,13,15-16,22H,11-12,14H2,1-3H3/t22-/m0/s1. The van der Waals surface area contributed by atoms with E-state index < -0.39 is 27.9 Å². The van der Waals surface area contributed by atoms with E-state index in [4.69, 9.17) is 4.74 Å². The van der Waals surface area contributed by atoms with Gasteiger partial charge in [-0.3, -0.25) is 4.79 Å². The number of carbonyl (C=O) groups is 1. The number of methoxy groups -OCH3 is 1. The lowest BCUT2D eigenvalue weighted by atomic mass is 10.0. The summed E-state index contributed by atoms with van der Waals surface area (Å²) in [6, 6.07) is 12.0. The molecule has 0 bridgehead atoms. The van der Waals surface area contributed by atoms with Crippen molar-refractivity contribution >= 4 is 31.9 Å². The van der Waals surface area contributed by atoms with Crippen molar-refractivity contribution in [2.75, 3.05) is 13.7 Å². The van der Waals surface area contributed by atoms with Gasteiger partial charge in [0.1, 0.15) is 11.9 Å². The molecule has 1 heterocycles. The highest BCUT2D eigenvalue weighted by molar-refractivity contribution is 9.10. The molecule has 0 fully saturated rings. The lowest BCUT2D eigenvalue weighted by Gasteiger charge is -2.31. The van der Waals surface area contributed by atoms with Gasteiger partial charge in [0.05, 0.1) is 24.2 Å². The lowest BCUT2D eigenvalue weighted by molar-refractivity contribution is -0.146. The molecule has 0 unspecified atom stereocenters. The fourth-order valence-corrected chi connectivity index (χ4v) is 6.31. The summed E-state index contributed by atoms with van der Waals surface area (Å²) < 4.78 is 48.6. The predicted molar refractivity (Wildman–Crippen MR) is 128 cm³/mol. The van der Waals surface area contributed by atoms with Crippen LogP contribution in [0.25, 0.3) is 0 Å². The lowest BCUT2D eigenvalue weighted by Crippen LogP contribution is -2.49. The second kappa shape index (κ2) is 11.2. The fourth-order valence-electron chi connectivity index (χ4n) is 3.59. The Hall–Kier alpha value is -2.63. The van der Waals surface area contributed by atoms with Crippen LogP contribution < -0.4 is 0 Å². The maximum atomic E-state index is 13.6. The molecule has 0 aliphatic heterocycles. The summed E-state index contributed by atoms with van der Waals surface area (Å²) in [7, 11) is -2.98. The number of ether oxygens (including phenoxy) is 1. The van der Waals surface area contributed by atoms with Gasteiger partial charge in [-0.1, -0.05) is 49.4 Å². The first-order valence-electron chi connectivity index (χ1n) is 10.6. The average Bonchev–Trinajstić information content (AvgIpc) is 3.23. The van der Waals surface area contributed by atoms with E-state index >= 15 is 0 Å². The summed E-state index contributed by atoms with van der Waals surface area (Å²) in [6.07, 6.45) is 1.96. The number of nitrogens with zero attached hydrogens (tertiary/aromatic N) is 4. The predicted octanol–water partition coefficient (Wildman–Crippen LogP) is 3.66. The van der Waals surface area contributed by atoms with Crippen LogP contribution in [0, 0.1) is 11.7 Å². The molecule has 1 atom stereocenters. The maximum absolute atomic E-state index is 13.6. The third-order valence-electron chi connectivity index (χ3n) is 5.23. The highest BCUT2D eigenvalue weighted by Crippen LogP contribution is 2.29. The Kier molecular flexibility index (Phi) is 8.56. The summed E-state index contributed by atoms with van der Waals surface area (Å²) in [5, 5.41) is 8.28. The van der Waals surface area contributed by atoms with Crippen molar-refractivity contribution in [3.63, 3.8) is 0 Å². The van der Waals surface area contributed by atoms with Crippen LogP contribution in [-0.4, -0.2) is 53.4 Å². The van der Waals surface area contributed by atoms with Crippen molar-refractivity contribution in [2.24, 2.45) is 5.92 Å². The highest BCUT2D eigenvalue weighted by Gasteiger charge is 2.39. The van der Waals surface area contributed by atoms with Crippen LogP contribution in [0.3, 0.4) is 0 Å². The molecule has 0 radical (unpaired) electrons. The molecule has 0 saturated carbocycles. The number of carbonyl (C=O) groups excluding carboxylic acids is 1. The van der Waals surface area contributed by atoms with Crippen molar-refractivity contribution in [1.82, 2.24) is 19.3 Å². The highest BCUT2D eigenvalue weighted by atomic mass is 79.9. The normalized spacial score (nSPS) is 12.8. The average molecular weight is 553 g/mol. The number of benzene rings is 2. The number of sulfonamides is 1. The van der Waals surface area contributed by atoms with E-state index in [-0.39, 0.29) is 28.3 Å². The van der Waals surface area contributed by atoms with E-state index in [1.165, 1.54) is 13.2 Å². The SMILES string of the molecule is COC(=O)[C@H](C(C)C)N(CCc1cn(Cc2ccccc2)nn1)S(=O)(=O)c1ccc(F)cc1Br. The number of rotatable bonds is 10. The molecule has 3 aromatic rings. The molecule has 2 aromatic carbocycles. The number of hydrogen-bond donors (Lipinski definition) is 0. The smallest absolute Gasteiger partial charge is 0.324 e. The molecular formula is C23H26BrFN4O4S. The van der Waals surface area contributed by atoms with Gasteiger partial charge < -0.3 is 4.74 Å². The van der Waals surface area contributed by atoms with Crippen LogP contribution in [0.1, 0.15) is 25.1 Å². The molecule has 0 aliphatic rings. The minimum Gasteiger partial charge on any atom is -0.468 e. The fraction of sp³-hybridized carbons (Fsp3) is 0.348. The minimum atomic E-state index is -4.20. The molecule has 8 nitrogen and oxygen atoms in total.